The number of hydrogen-bond acceptors (Lipinski definition) is 6. The van der Waals surface area contributed by atoms with Crippen molar-refractivity contribution in [1.29, 1.82) is 0 Å². The zero-order valence-corrected chi connectivity index (χ0v) is 22.8. The lowest BCUT2D eigenvalue weighted by Crippen LogP contribution is -2.49. The summed E-state index contributed by atoms with van der Waals surface area (Å²) < 4.78 is 26.1. The molecule has 2 fully saturated rings. The van der Waals surface area contributed by atoms with Gasteiger partial charge in [0.2, 0.25) is 5.91 Å². The number of alkyl carbamates (subject to hydrolysis) is 1. The molecule has 1 aliphatic heterocycles. The monoisotopic (exact) mass is 541 g/mol. The number of aliphatic hydroxyl groups is 1. The number of carbonyl (C=O) groups excluding carboxylic acids is 2. The molecule has 212 valence electrons. The number of nitrogens with two attached hydrogens (primary N) is 1. The molecule has 4 N–H and O–H groups in total. The molecule has 2 aliphatic rings. The van der Waals surface area contributed by atoms with Crippen molar-refractivity contribution >= 4 is 12.0 Å². The standard InChI is InChI=1S/C30H40FN3O5/c1-20-7-3-9-24(17-20)39-27-25(10-4-11-26(27)31)30(37,14-6-15-33-29(36)38-2)22-8-5-16-34(19-22)28(35)21-12-13-23(32)18-21/h3-4,7,9-11,17,21-23,37H,5-6,8,12-16,18-19,32H2,1-2H3,(H,33,36)/t21-,22-,23+,30+/m1/s1. The van der Waals surface area contributed by atoms with E-state index in [-0.39, 0.29) is 42.5 Å². The Morgan fingerprint density at radius 1 is 1.21 bits per heavy atom. The summed E-state index contributed by atoms with van der Waals surface area (Å²) in [5.41, 5.74) is 5.86. The van der Waals surface area contributed by atoms with Crippen LogP contribution in [-0.2, 0) is 15.1 Å². The highest BCUT2D eigenvalue weighted by Gasteiger charge is 2.44. The van der Waals surface area contributed by atoms with Crippen molar-refractivity contribution in [1.82, 2.24) is 10.2 Å². The maximum Gasteiger partial charge on any atom is 0.406 e. The number of halogens is 1. The van der Waals surface area contributed by atoms with Gasteiger partial charge in [-0.05, 0) is 75.6 Å². The first-order valence-corrected chi connectivity index (χ1v) is 13.8. The van der Waals surface area contributed by atoms with Gasteiger partial charge in [0.15, 0.2) is 11.6 Å². The lowest BCUT2D eigenvalue weighted by Gasteiger charge is -2.44. The number of nitrogens with one attached hydrogen (secondary N) is 1. The summed E-state index contributed by atoms with van der Waals surface area (Å²) in [5.74, 6) is -0.511. The highest BCUT2D eigenvalue weighted by molar-refractivity contribution is 5.79. The quantitative estimate of drug-likeness (QED) is 0.400. The van der Waals surface area contributed by atoms with Gasteiger partial charge in [-0.2, -0.15) is 0 Å². The van der Waals surface area contributed by atoms with Crippen LogP contribution < -0.4 is 15.8 Å². The van der Waals surface area contributed by atoms with Crippen LogP contribution in [0.3, 0.4) is 0 Å². The zero-order chi connectivity index (χ0) is 28.0. The summed E-state index contributed by atoms with van der Waals surface area (Å²) >= 11 is 0. The van der Waals surface area contributed by atoms with E-state index in [2.05, 4.69) is 10.1 Å². The Morgan fingerprint density at radius 3 is 2.72 bits per heavy atom. The number of methoxy groups -OCH3 is 1. The number of hydrogen-bond donors (Lipinski definition) is 3. The van der Waals surface area contributed by atoms with E-state index in [1.807, 2.05) is 30.0 Å². The van der Waals surface area contributed by atoms with Crippen molar-refractivity contribution in [2.24, 2.45) is 17.6 Å². The lowest BCUT2D eigenvalue weighted by atomic mass is 9.73. The Labute approximate surface area is 229 Å². The third kappa shape index (κ3) is 6.89. The van der Waals surface area contributed by atoms with Crippen molar-refractivity contribution in [3.8, 4) is 11.5 Å². The van der Waals surface area contributed by atoms with Crippen molar-refractivity contribution in [2.75, 3.05) is 26.7 Å². The van der Waals surface area contributed by atoms with Gasteiger partial charge in [-0.1, -0.05) is 24.3 Å². The maximum absolute atomic E-state index is 15.3. The molecule has 2 amide bonds. The van der Waals surface area contributed by atoms with Crippen molar-refractivity contribution in [3.63, 3.8) is 0 Å². The summed E-state index contributed by atoms with van der Waals surface area (Å²) in [6.45, 7) is 3.17. The first kappa shape index (κ1) is 28.8. The molecule has 1 aliphatic carbocycles. The maximum atomic E-state index is 15.3. The highest BCUT2D eigenvalue weighted by atomic mass is 19.1. The Balaban J connectivity index is 1.64. The van der Waals surface area contributed by atoms with Gasteiger partial charge >= 0.3 is 6.09 Å². The lowest BCUT2D eigenvalue weighted by molar-refractivity contribution is -0.141. The SMILES string of the molecule is COC(=O)NCCC[C@@](O)(c1cccc(F)c1Oc1cccc(C)c1)[C@@H]1CCCN(C(=O)[C@@H]2CC[C@H](N)C2)C1. The van der Waals surface area contributed by atoms with E-state index in [0.29, 0.717) is 43.7 Å². The molecule has 0 bridgehead atoms. The number of rotatable bonds is 9. The molecular weight excluding hydrogens is 501 g/mol. The fourth-order valence-electron chi connectivity index (χ4n) is 6.00. The summed E-state index contributed by atoms with van der Waals surface area (Å²) in [5, 5.41) is 15.1. The van der Waals surface area contributed by atoms with Crippen LogP contribution in [0.1, 0.15) is 56.1 Å². The molecule has 1 heterocycles. The number of aryl methyl sites for hydroxylation is 1. The normalized spacial score (nSPS) is 22.7. The number of benzene rings is 2. The molecule has 39 heavy (non-hydrogen) atoms. The van der Waals surface area contributed by atoms with Crippen LogP contribution in [0.2, 0.25) is 0 Å². The van der Waals surface area contributed by atoms with Gasteiger partial charge in [-0.3, -0.25) is 4.79 Å². The minimum absolute atomic E-state index is 0.0308. The van der Waals surface area contributed by atoms with Crippen LogP contribution in [0.15, 0.2) is 42.5 Å². The number of carbonyl (C=O) groups is 2. The predicted octanol–water partition coefficient (Wildman–Crippen LogP) is 4.62. The Hall–Kier alpha value is -3.17. The molecule has 8 nitrogen and oxygen atoms in total. The van der Waals surface area contributed by atoms with E-state index in [9.17, 15) is 14.7 Å². The average molecular weight is 542 g/mol. The zero-order valence-electron chi connectivity index (χ0n) is 22.8. The molecule has 0 aromatic heterocycles. The van der Waals surface area contributed by atoms with E-state index in [0.717, 1.165) is 24.8 Å². The predicted molar refractivity (Wildman–Crippen MR) is 146 cm³/mol. The largest absolute Gasteiger partial charge is 0.454 e. The van der Waals surface area contributed by atoms with Gasteiger partial charge in [-0.15, -0.1) is 0 Å². The molecular formula is C30H40FN3O5. The summed E-state index contributed by atoms with van der Waals surface area (Å²) in [7, 11) is 1.29. The third-order valence-corrected chi connectivity index (χ3v) is 8.06. The molecule has 2 aromatic rings. The summed E-state index contributed by atoms with van der Waals surface area (Å²) in [4.78, 5) is 26.8. The molecule has 1 saturated carbocycles. The minimum atomic E-state index is -1.51. The van der Waals surface area contributed by atoms with Crippen LogP contribution in [0.25, 0.3) is 0 Å². The second-order valence-electron chi connectivity index (χ2n) is 10.9. The van der Waals surface area contributed by atoms with Crippen LogP contribution in [-0.4, -0.2) is 54.8 Å². The topological polar surface area (TPSA) is 114 Å². The molecule has 0 unspecified atom stereocenters. The Morgan fingerprint density at radius 2 is 2.00 bits per heavy atom. The van der Waals surface area contributed by atoms with Gasteiger partial charge in [0.1, 0.15) is 5.75 Å². The highest BCUT2D eigenvalue weighted by Crippen LogP contribution is 2.45. The van der Waals surface area contributed by atoms with Crippen LogP contribution in [0.4, 0.5) is 9.18 Å². The molecule has 1 saturated heterocycles. The molecule has 0 spiro atoms. The molecule has 0 radical (unpaired) electrons. The second kappa shape index (κ2) is 12.8. The molecule has 2 aromatic carbocycles. The number of piperidine rings is 1. The number of nitrogens with zero attached hydrogens (tertiary/aromatic N) is 1. The van der Waals surface area contributed by atoms with Crippen molar-refractivity contribution < 1.29 is 28.6 Å². The first-order chi connectivity index (χ1) is 18.7. The van der Waals surface area contributed by atoms with Gasteiger partial charge in [-0.25, -0.2) is 9.18 Å². The molecule has 4 atom stereocenters. The van der Waals surface area contributed by atoms with Crippen LogP contribution in [0, 0.1) is 24.6 Å². The van der Waals surface area contributed by atoms with Crippen LogP contribution in [0.5, 0.6) is 11.5 Å². The third-order valence-electron chi connectivity index (χ3n) is 8.06. The second-order valence-corrected chi connectivity index (χ2v) is 10.9. The number of likely N-dealkylation sites (tertiary alicyclic amines) is 1. The molecule has 9 heteroatoms. The number of amides is 2. The van der Waals surface area contributed by atoms with E-state index in [1.165, 1.54) is 13.2 Å². The fraction of sp³-hybridized carbons (Fsp3) is 0.533. The molecule has 4 rings (SSSR count). The smallest absolute Gasteiger partial charge is 0.406 e. The van der Waals surface area contributed by atoms with E-state index >= 15 is 4.39 Å². The van der Waals surface area contributed by atoms with Crippen molar-refractivity contribution in [2.45, 2.75) is 63.5 Å². The van der Waals surface area contributed by atoms with Crippen molar-refractivity contribution in [3.05, 3.63) is 59.4 Å². The van der Waals surface area contributed by atoms with E-state index < -0.39 is 17.5 Å². The van der Waals surface area contributed by atoms with Gasteiger partial charge in [0.25, 0.3) is 0 Å². The first-order valence-electron chi connectivity index (χ1n) is 13.8. The van der Waals surface area contributed by atoms with Crippen LogP contribution >= 0.6 is 0 Å². The van der Waals surface area contributed by atoms with E-state index in [4.69, 9.17) is 10.5 Å². The van der Waals surface area contributed by atoms with Gasteiger partial charge in [0, 0.05) is 43.1 Å². The number of para-hydroxylation sites is 1. The number of ether oxygens (including phenoxy) is 2. The van der Waals surface area contributed by atoms with E-state index in [1.54, 1.807) is 18.2 Å². The average Bonchev–Trinajstić information content (AvgIpc) is 3.37. The van der Waals surface area contributed by atoms with Gasteiger partial charge in [0.05, 0.1) is 12.7 Å². The van der Waals surface area contributed by atoms with Gasteiger partial charge < -0.3 is 30.5 Å². The summed E-state index contributed by atoms with van der Waals surface area (Å²) in [6.07, 6.45) is 3.77. The Kier molecular flexibility index (Phi) is 9.45. The minimum Gasteiger partial charge on any atom is -0.454 e. The summed E-state index contributed by atoms with van der Waals surface area (Å²) in [6, 6.07) is 11.9. The fourth-order valence-corrected chi connectivity index (χ4v) is 6.00. The Bertz CT molecular complexity index is 1160.